The molecule has 1 N–H and O–H groups in total. The summed E-state index contributed by atoms with van der Waals surface area (Å²) >= 11 is 6.00. The van der Waals surface area contributed by atoms with Crippen LogP contribution in [0.4, 0.5) is 4.39 Å². The summed E-state index contributed by atoms with van der Waals surface area (Å²) in [6, 6.07) is 9.33. The molecule has 1 unspecified atom stereocenters. The van der Waals surface area contributed by atoms with E-state index in [1.165, 1.54) is 18.2 Å². The maximum atomic E-state index is 13.2. The van der Waals surface area contributed by atoms with E-state index >= 15 is 0 Å². The number of rotatable bonds is 3. The molecule has 104 valence electrons. The van der Waals surface area contributed by atoms with Gasteiger partial charge in [-0.05, 0) is 41.5 Å². The summed E-state index contributed by atoms with van der Waals surface area (Å²) in [5, 5.41) is 10.7. The maximum Gasteiger partial charge on any atom is 0.231 e. The summed E-state index contributed by atoms with van der Waals surface area (Å²) in [6.45, 7) is 0.185. The van der Waals surface area contributed by atoms with Gasteiger partial charge in [0.1, 0.15) is 5.82 Å². The van der Waals surface area contributed by atoms with Crippen LogP contribution in [0.15, 0.2) is 36.4 Å². The highest BCUT2D eigenvalue weighted by Crippen LogP contribution is 2.35. The predicted molar refractivity (Wildman–Crippen MR) is 72.6 cm³/mol. The van der Waals surface area contributed by atoms with Gasteiger partial charge in [0.2, 0.25) is 6.79 Å². The van der Waals surface area contributed by atoms with E-state index in [1.807, 2.05) is 0 Å². The summed E-state index contributed by atoms with van der Waals surface area (Å²) in [7, 11) is 0. The first-order chi connectivity index (χ1) is 9.63. The van der Waals surface area contributed by atoms with Crippen LogP contribution in [0.3, 0.4) is 0 Å². The summed E-state index contributed by atoms with van der Waals surface area (Å²) in [5.41, 5.74) is 1.24. The third-order valence-corrected chi connectivity index (χ3v) is 3.57. The highest BCUT2D eigenvalue weighted by molar-refractivity contribution is 6.31. The lowest BCUT2D eigenvalue weighted by Gasteiger charge is -2.13. The summed E-state index contributed by atoms with van der Waals surface area (Å²) in [4.78, 5) is 0. The van der Waals surface area contributed by atoms with Crippen LogP contribution in [0.5, 0.6) is 11.5 Å². The lowest BCUT2D eigenvalue weighted by Crippen LogP contribution is -2.02. The number of benzene rings is 2. The van der Waals surface area contributed by atoms with Crippen molar-refractivity contribution in [3.05, 3.63) is 58.4 Å². The molecule has 0 saturated heterocycles. The van der Waals surface area contributed by atoms with Crippen LogP contribution < -0.4 is 9.47 Å². The number of ether oxygens (including phenoxy) is 2. The van der Waals surface area contributed by atoms with Crippen LogP contribution in [0, 0.1) is 5.82 Å². The Morgan fingerprint density at radius 2 is 1.95 bits per heavy atom. The third-order valence-electron chi connectivity index (χ3n) is 3.20. The molecular formula is C15H12ClFO3. The number of fused-ring (bicyclic) bond motifs is 1. The minimum absolute atomic E-state index is 0.185. The van der Waals surface area contributed by atoms with Crippen molar-refractivity contribution in [3.63, 3.8) is 0 Å². The smallest absolute Gasteiger partial charge is 0.231 e. The van der Waals surface area contributed by atoms with Gasteiger partial charge in [0, 0.05) is 11.4 Å². The molecule has 20 heavy (non-hydrogen) atoms. The van der Waals surface area contributed by atoms with Crippen molar-refractivity contribution >= 4 is 11.6 Å². The number of hydrogen-bond donors (Lipinski definition) is 1. The van der Waals surface area contributed by atoms with Crippen molar-refractivity contribution in [2.24, 2.45) is 0 Å². The molecule has 1 atom stereocenters. The molecule has 0 amide bonds. The first-order valence-electron chi connectivity index (χ1n) is 6.15. The molecule has 1 aliphatic heterocycles. The minimum atomic E-state index is -0.788. The fraction of sp³-hybridized carbons (Fsp3) is 0.200. The Hall–Kier alpha value is -1.78. The molecule has 0 aliphatic carbocycles. The fourth-order valence-corrected chi connectivity index (χ4v) is 2.34. The topological polar surface area (TPSA) is 38.7 Å². The molecule has 3 rings (SSSR count). The second kappa shape index (κ2) is 5.31. The summed E-state index contributed by atoms with van der Waals surface area (Å²) < 4.78 is 23.7. The van der Waals surface area contributed by atoms with Gasteiger partial charge in [-0.25, -0.2) is 4.39 Å². The van der Waals surface area contributed by atoms with E-state index in [1.54, 1.807) is 18.2 Å². The van der Waals surface area contributed by atoms with Crippen molar-refractivity contribution in [1.82, 2.24) is 0 Å². The molecule has 0 radical (unpaired) electrons. The minimum Gasteiger partial charge on any atom is -0.454 e. The predicted octanol–water partition coefficient (Wildman–Crippen LogP) is 3.48. The second-order valence-electron chi connectivity index (χ2n) is 4.57. The van der Waals surface area contributed by atoms with E-state index in [-0.39, 0.29) is 19.0 Å². The van der Waals surface area contributed by atoms with Crippen LogP contribution in [0.1, 0.15) is 17.2 Å². The molecule has 1 aliphatic rings. The molecule has 5 heteroatoms. The lowest BCUT2D eigenvalue weighted by molar-refractivity contribution is 0.171. The maximum absolute atomic E-state index is 13.2. The normalized spacial score (nSPS) is 14.3. The van der Waals surface area contributed by atoms with Gasteiger partial charge in [0.05, 0.1) is 6.10 Å². The molecule has 1 heterocycles. The standard InChI is InChI=1S/C15H12ClFO3/c16-12-3-2-11(17)5-10(12)6-13(18)9-1-4-14-15(7-9)20-8-19-14/h1-5,7,13,18H,6,8H2. The van der Waals surface area contributed by atoms with E-state index < -0.39 is 6.10 Å². The number of hydrogen-bond acceptors (Lipinski definition) is 3. The van der Waals surface area contributed by atoms with Crippen molar-refractivity contribution in [1.29, 1.82) is 0 Å². The Labute approximate surface area is 120 Å². The van der Waals surface area contributed by atoms with Gasteiger partial charge in [0.25, 0.3) is 0 Å². The van der Waals surface area contributed by atoms with Crippen LogP contribution in [-0.2, 0) is 6.42 Å². The van der Waals surface area contributed by atoms with Crippen molar-refractivity contribution in [2.75, 3.05) is 6.79 Å². The highest BCUT2D eigenvalue weighted by atomic mass is 35.5. The van der Waals surface area contributed by atoms with Crippen LogP contribution in [-0.4, -0.2) is 11.9 Å². The van der Waals surface area contributed by atoms with E-state index in [4.69, 9.17) is 21.1 Å². The van der Waals surface area contributed by atoms with E-state index in [0.29, 0.717) is 27.6 Å². The van der Waals surface area contributed by atoms with Crippen LogP contribution in [0.25, 0.3) is 0 Å². The van der Waals surface area contributed by atoms with Gasteiger partial charge in [-0.2, -0.15) is 0 Å². The largest absolute Gasteiger partial charge is 0.454 e. The van der Waals surface area contributed by atoms with Crippen molar-refractivity contribution in [3.8, 4) is 11.5 Å². The average Bonchev–Trinajstić information content (AvgIpc) is 2.90. The zero-order valence-electron chi connectivity index (χ0n) is 10.5. The van der Waals surface area contributed by atoms with Crippen LogP contribution in [0.2, 0.25) is 5.02 Å². The fourth-order valence-electron chi connectivity index (χ4n) is 2.15. The highest BCUT2D eigenvalue weighted by Gasteiger charge is 2.17. The van der Waals surface area contributed by atoms with E-state index in [2.05, 4.69) is 0 Å². The number of aliphatic hydroxyl groups is 1. The first-order valence-corrected chi connectivity index (χ1v) is 6.53. The van der Waals surface area contributed by atoms with Gasteiger partial charge >= 0.3 is 0 Å². The van der Waals surface area contributed by atoms with Gasteiger partial charge in [-0.15, -0.1) is 0 Å². The quantitative estimate of drug-likeness (QED) is 0.942. The van der Waals surface area contributed by atoms with Gasteiger partial charge in [-0.1, -0.05) is 17.7 Å². The zero-order valence-corrected chi connectivity index (χ0v) is 11.2. The average molecular weight is 295 g/mol. The zero-order chi connectivity index (χ0) is 14.1. The Bertz CT molecular complexity index is 645. The third kappa shape index (κ3) is 2.57. The Balaban J connectivity index is 1.82. The first kappa shape index (κ1) is 13.2. The molecule has 3 nitrogen and oxygen atoms in total. The van der Waals surface area contributed by atoms with Gasteiger partial charge in [0.15, 0.2) is 11.5 Å². The summed E-state index contributed by atoms with van der Waals surface area (Å²) in [5.74, 6) is 0.888. The monoisotopic (exact) mass is 294 g/mol. The van der Waals surface area contributed by atoms with Crippen molar-refractivity contribution in [2.45, 2.75) is 12.5 Å². The van der Waals surface area contributed by atoms with Gasteiger partial charge in [-0.3, -0.25) is 0 Å². The molecule has 0 fully saturated rings. The van der Waals surface area contributed by atoms with Gasteiger partial charge < -0.3 is 14.6 Å². The number of aliphatic hydroxyl groups excluding tert-OH is 1. The Morgan fingerprint density at radius 1 is 1.15 bits per heavy atom. The molecule has 2 aromatic rings. The lowest BCUT2D eigenvalue weighted by atomic mass is 10.0. The van der Waals surface area contributed by atoms with Crippen LogP contribution >= 0.6 is 11.6 Å². The Morgan fingerprint density at radius 3 is 2.80 bits per heavy atom. The summed E-state index contributed by atoms with van der Waals surface area (Å²) in [6.07, 6.45) is -0.556. The molecule has 0 spiro atoms. The SMILES string of the molecule is OC(Cc1cc(F)ccc1Cl)c1ccc2c(c1)OCO2. The molecule has 0 aromatic heterocycles. The number of halogens is 2. The van der Waals surface area contributed by atoms with Crippen molar-refractivity contribution < 1.29 is 19.0 Å². The molecule has 0 bridgehead atoms. The second-order valence-corrected chi connectivity index (χ2v) is 4.98. The molecular weight excluding hydrogens is 283 g/mol. The van der Waals surface area contributed by atoms with E-state index in [9.17, 15) is 9.50 Å². The molecule has 2 aromatic carbocycles. The molecule has 0 saturated carbocycles. The Kier molecular flexibility index (Phi) is 3.51. The van der Waals surface area contributed by atoms with E-state index in [0.717, 1.165) is 0 Å².